The van der Waals surface area contributed by atoms with Crippen molar-refractivity contribution in [1.82, 2.24) is 0 Å². The maximum atomic E-state index is 13.1. The number of hydrogen-bond acceptors (Lipinski definition) is 7. The Hall–Kier alpha value is -2.06. The zero-order valence-electron chi connectivity index (χ0n) is 19.3. The van der Waals surface area contributed by atoms with Gasteiger partial charge in [0, 0.05) is 11.8 Å². The van der Waals surface area contributed by atoms with Crippen LogP contribution in [0.1, 0.15) is 71.6 Å². The molecule has 8 heteroatoms. The van der Waals surface area contributed by atoms with Gasteiger partial charge in [0.2, 0.25) is 5.78 Å². The van der Waals surface area contributed by atoms with E-state index in [9.17, 15) is 29.4 Å². The number of carbonyl (C=O) groups excluding carboxylic acids is 3. The first-order chi connectivity index (χ1) is 15.4. The van der Waals surface area contributed by atoms with Crippen molar-refractivity contribution in [3.05, 3.63) is 11.6 Å². The molecular formula is C25H34O8. The van der Waals surface area contributed by atoms with E-state index in [-0.39, 0.29) is 54.6 Å². The van der Waals surface area contributed by atoms with Gasteiger partial charge in [-0.05, 0) is 67.8 Å². The van der Waals surface area contributed by atoms with E-state index < -0.39 is 41.4 Å². The second-order valence-electron chi connectivity index (χ2n) is 11.0. The fourth-order valence-corrected chi connectivity index (χ4v) is 7.70. The molecule has 0 saturated heterocycles. The molecule has 0 amide bonds. The van der Waals surface area contributed by atoms with Crippen LogP contribution in [0, 0.1) is 28.6 Å². The highest BCUT2D eigenvalue weighted by Crippen LogP contribution is 2.67. The average molecular weight is 463 g/mol. The first-order valence-electron chi connectivity index (χ1n) is 12.0. The van der Waals surface area contributed by atoms with Crippen molar-refractivity contribution >= 4 is 23.5 Å². The summed E-state index contributed by atoms with van der Waals surface area (Å²) in [6.07, 6.45) is 4.30. The summed E-state index contributed by atoms with van der Waals surface area (Å²) >= 11 is 0. The summed E-state index contributed by atoms with van der Waals surface area (Å²) in [5.41, 5.74) is -1.68. The minimum Gasteiger partial charge on any atom is -0.481 e. The third-order valence-corrected chi connectivity index (χ3v) is 9.42. The highest BCUT2D eigenvalue weighted by Gasteiger charge is 2.68. The topological polar surface area (TPSA) is 138 Å². The van der Waals surface area contributed by atoms with E-state index >= 15 is 0 Å². The Balaban J connectivity index is 1.53. The largest absolute Gasteiger partial charge is 0.481 e. The van der Waals surface area contributed by atoms with Crippen molar-refractivity contribution in [3.8, 4) is 0 Å². The monoisotopic (exact) mass is 462 g/mol. The number of carbonyl (C=O) groups is 4. The van der Waals surface area contributed by atoms with Crippen LogP contribution in [0.4, 0.5) is 0 Å². The number of rotatable bonds is 6. The summed E-state index contributed by atoms with van der Waals surface area (Å²) in [6.45, 7) is 3.41. The lowest BCUT2D eigenvalue weighted by molar-refractivity contribution is -0.184. The standard InChI is InChI=1S/C25H34O8/c1-23-9-7-15(26)11-14(23)3-4-16-17-8-10-25(32,24(17,2)12-18(27)22(16)23)19(28)13-33-21(31)6-5-20(29)30/h11,16-18,22,27,32H,3-10,12-13H2,1-2H3,(H,29,30)/t16-,17+,18-,22-,23-,24+,25-/m1/s1. The Kier molecular flexibility index (Phi) is 6.06. The Morgan fingerprint density at radius 2 is 1.85 bits per heavy atom. The lowest BCUT2D eigenvalue weighted by Crippen LogP contribution is -2.62. The maximum absolute atomic E-state index is 13.1. The summed E-state index contributed by atoms with van der Waals surface area (Å²) < 4.78 is 4.97. The molecule has 3 fully saturated rings. The molecule has 182 valence electrons. The van der Waals surface area contributed by atoms with Gasteiger partial charge in [-0.15, -0.1) is 0 Å². The van der Waals surface area contributed by atoms with Crippen LogP contribution in [0.2, 0.25) is 0 Å². The second-order valence-corrected chi connectivity index (χ2v) is 11.0. The van der Waals surface area contributed by atoms with Gasteiger partial charge in [-0.25, -0.2) is 0 Å². The number of ketones is 2. The predicted molar refractivity (Wildman–Crippen MR) is 116 cm³/mol. The van der Waals surface area contributed by atoms with Gasteiger partial charge >= 0.3 is 11.9 Å². The molecule has 8 nitrogen and oxygen atoms in total. The number of carboxylic acid groups (broad SMARTS) is 1. The highest BCUT2D eigenvalue weighted by atomic mass is 16.5. The van der Waals surface area contributed by atoms with Crippen LogP contribution in [0.25, 0.3) is 0 Å². The molecule has 0 aliphatic heterocycles. The summed E-state index contributed by atoms with van der Waals surface area (Å²) in [5.74, 6) is -2.20. The highest BCUT2D eigenvalue weighted by molar-refractivity contribution is 5.92. The lowest BCUT2D eigenvalue weighted by Gasteiger charge is -2.60. The normalized spacial score (nSPS) is 41.9. The average Bonchev–Trinajstić information content (AvgIpc) is 3.02. The van der Waals surface area contributed by atoms with E-state index in [2.05, 4.69) is 6.92 Å². The van der Waals surface area contributed by atoms with Crippen LogP contribution in [-0.2, 0) is 23.9 Å². The number of Topliss-reactive ketones (excluding diaryl/α,β-unsaturated/α-hetero) is 1. The van der Waals surface area contributed by atoms with Gasteiger partial charge in [-0.3, -0.25) is 19.2 Å². The lowest BCUT2D eigenvalue weighted by atomic mass is 9.45. The Bertz CT molecular complexity index is 908. The summed E-state index contributed by atoms with van der Waals surface area (Å²) in [6, 6.07) is 0. The third-order valence-electron chi connectivity index (χ3n) is 9.42. The van der Waals surface area contributed by atoms with Gasteiger partial charge in [0.15, 0.2) is 12.4 Å². The molecule has 3 saturated carbocycles. The number of aliphatic hydroxyl groups excluding tert-OH is 1. The molecule has 0 heterocycles. The molecule has 33 heavy (non-hydrogen) atoms. The minimum atomic E-state index is -1.71. The first kappa shape index (κ1) is 24.1. The number of aliphatic hydroxyl groups is 2. The summed E-state index contributed by atoms with van der Waals surface area (Å²) in [4.78, 5) is 47.5. The molecule has 4 aliphatic rings. The molecule has 0 unspecified atom stereocenters. The minimum absolute atomic E-state index is 0.0185. The quantitative estimate of drug-likeness (QED) is 0.511. The predicted octanol–water partition coefficient (Wildman–Crippen LogP) is 2.20. The van der Waals surface area contributed by atoms with Gasteiger partial charge in [-0.1, -0.05) is 19.4 Å². The van der Waals surface area contributed by atoms with E-state index in [0.717, 1.165) is 24.8 Å². The fourth-order valence-electron chi connectivity index (χ4n) is 7.70. The zero-order valence-corrected chi connectivity index (χ0v) is 19.3. The van der Waals surface area contributed by atoms with Crippen LogP contribution in [0.5, 0.6) is 0 Å². The molecular weight excluding hydrogens is 428 g/mol. The molecule has 3 N–H and O–H groups in total. The van der Waals surface area contributed by atoms with Crippen LogP contribution >= 0.6 is 0 Å². The summed E-state index contributed by atoms with van der Waals surface area (Å²) in [7, 11) is 0. The van der Waals surface area contributed by atoms with Gasteiger partial charge in [0.1, 0.15) is 5.60 Å². The SMILES string of the molecule is C[C@]12C[C@@H](O)[C@H]3[C@H](CCC4=CC(=O)CC[C@]43C)[C@@H]1CC[C@@]2(O)C(=O)COC(=O)CCC(=O)O. The van der Waals surface area contributed by atoms with Crippen molar-refractivity contribution in [3.63, 3.8) is 0 Å². The molecule has 0 aromatic heterocycles. The van der Waals surface area contributed by atoms with E-state index in [4.69, 9.17) is 9.84 Å². The molecule has 0 spiro atoms. The van der Waals surface area contributed by atoms with Crippen LogP contribution in [0.3, 0.4) is 0 Å². The number of hydrogen-bond donors (Lipinski definition) is 3. The van der Waals surface area contributed by atoms with Crippen molar-refractivity contribution in [2.45, 2.75) is 83.3 Å². The van der Waals surface area contributed by atoms with E-state index in [1.54, 1.807) is 6.08 Å². The fraction of sp³-hybridized carbons (Fsp3) is 0.760. The Labute approximate surface area is 193 Å². The number of esters is 1. The molecule has 0 aromatic rings. The van der Waals surface area contributed by atoms with Crippen molar-refractivity contribution in [1.29, 1.82) is 0 Å². The molecule has 0 aromatic carbocycles. The Morgan fingerprint density at radius 1 is 1.12 bits per heavy atom. The van der Waals surface area contributed by atoms with Crippen LogP contribution < -0.4 is 0 Å². The molecule has 4 rings (SSSR count). The van der Waals surface area contributed by atoms with Crippen LogP contribution in [0.15, 0.2) is 11.6 Å². The van der Waals surface area contributed by atoms with Crippen molar-refractivity contribution < 1.29 is 39.2 Å². The van der Waals surface area contributed by atoms with E-state index in [1.807, 2.05) is 6.92 Å². The van der Waals surface area contributed by atoms with Crippen molar-refractivity contribution in [2.24, 2.45) is 28.6 Å². The Morgan fingerprint density at radius 3 is 2.55 bits per heavy atom. The van der Waals surface area contributed by atoms with E-state index in [0.29, 0.717) is 12.8 Å². The van der Waals surface area contributed by atoms with Gasteiger partial charge in [0.25, 0.3) is 0 Å². The number of allylic oxidation sites excluding steroid dienone is 1. The smallest absolute Gasteiger partial charge is 0.306 e. The first-order valence-corrected chi connectivity index (χ1v) is 12.0. The molecule has 0 radical (unpaired) electrons. The van der Waals surface area contributed by atoms with Crippen molar-refractivity contribution in [2.75, 3.05) is 6.61 Å². The van der Waals surface area contributed by atoms with Gasteiger partial charge in [0.05, 0.1) is 18.9 Å². The number of carboxylic acids is 1. The number of fused-ring (bicyclic) bond motifs is 5. The third kappa shape index (κ3) is 3.75. The maximum Gasteiger partial charge on any atom is 0.306 e. The summed E-state index contributed by atoms with van der Waals surface area (Å²) in [5, 5.41) is 31.6. The molecule has 0 bridgehead atoms. The van der Waals surface area contributed by atoms with Gasteiger partial charge in [-0.2, -0.15) is 0 Å². The number of ether oxygens (including phenoxy) is 1. The van der Waals surface area contributed by atoms with E-state index in [1.165, 1.54) is 0 Å². The van der Waals surface area contributed by atoms with Gasteiger partial charge < -0.3 is 20.1 Å². The second kappa shape index (κ2) is 8.31. The number of aliphatic carboxylic acids is 1. The van der Waals surface area contributed by atoms with Crippen LogP contribution in [-0.4, -0.2) is 57.1 Å². The zero-order chi connectivity index (χ0) is 24.2. The molecule has 4 aliphatic carbocycles. The molecule has 7 atom stereocenters.